The van der Waals surface area contributed by atoms with Crippen LogP contribution in [0.2, 0.25) is 0 Å². The molecule has 5 heteroatoms. The summed E-state index contributed by atoms with van der Waals surface area (Å²) in [6, 6.07) is 0. The van der Waals surface area contributed by atoms with Crippen molar-refractivity contribution in [2.45, 2.75) is 0 Å². The second-order valence-corrected chi connectivity index (χ2v) is 0.787. The van der Waals surface area contributed by atoms with Gasteiger partial charge in [-0.15, -0.1) is 0 Å². The van der Waals surface area contributed by atoms with E-state index in [9.17, 15) is 0 Å². The molecule has 0 unspecified atom stereocenters. The first-order valence-electron chi connectivity index (χ1n) is 1.56. The van der Waals surface area contributed by atoms with Gasteiger partial charge in [0.15, 0.2) is 11.9 Å². The molecule has 0 aromatic rings. The molecule has 0 aliphatic rings. The number of aliphatic carboxylic acids is 2. The Labute approximate surface area is 65.6 Å². The molecule has 0 aliphatic heterocycles. The molecule has 0 spiro atoms. The minimum absolute atomic E-state index is 0. The van der Waals surface area contributed by atoms with Crippen LogP contribution in [0.25, 0.3) is 0 Å². The van der Waals surface area contributed by atoms with Crippen LogP contribution in [0.3, 0.4) is 0 Å². The Morgan fingerprint density at radius 1 is 1.00 bits per heavy atom. The minimum atomic E-state index is -1.08. The van der Waals surface area contributed by atoms with E-state index in [2.05, 4.69) is 13.8 Å². The molecule has 55 valence electrons. The third kappa shape index (κ3) is 423. The summed E-state index contributed by atoms with van der Waals surface area (Å²) in [6.45, 7) is 5.11. The molecule has 0 atom stereocenters. The fourth-order valence-electron chi connectivity index (χ4n) is 0. The topological polar surface area (TPSA) is 74.6 Å². The van der Waals surface area contributed by atoms with Crippen LogP contribution in [0.5, 0.6) is 0 Å². The Hall–Kier alpha value is -0.697. The van der Waals surface area contributed by atoms with Gasteiger partial charge in [-0.1, -0.05) is 0 Å². The fourth-order valence-corrected chi connectivity index (χ4v) is 0. The summed E-state index contributed by atoms with van der Waals surface area (Å²) < 4.78 is 0. The van der Waals surface area contributed by atoms with E-state index in [4.69, 9.17) is 19.8 Å². The second kappa shape index (κ2) is 10.3. The molecule has 0 heterocycles. The Balaban J connectivity index is -0.0000000720. The van der Waals surface area contributed by atoms with Crippen molar-refractivity contribution in [1.29, 1.82) is 0 Å². The zero-order valence-corrected chi connectivity index (χ0v) is 6.10. The third-order valence-electron chi connectivity index (χ3n) is 0. The Morgan fingerprint density at radius 3 is 1.00 bits per heavy atom. The standard InChI is InChI=1S/2C2H3O2.Rh/c2*1-2(3)4;/h2*1H2,(H,3,4);/q2*-1;+2. The second-order valence-electron chi connectivity index (χ2n) is 0.787. The molecule has 0 saturated carbocycles. The van der Waals surface area contributed by atoms with Crippen LogP contribution in [0, 0.1) is 13.8 Å². The SMILES string of the molecule is [CH2-]C(=O)O.[CH2-]C(=O)O.[Rh+2]. The van der Waals surface area contributed by atoms with Gasteiger partial charge in [0.05, 0.1) is 0 Å². The number of hydrogen-bond donors (Lipinski definition) is 2. The van der Waals surface area contributed by atoms with Gasteiger partial charge in [0.25, 0.3) is 0 Å². The quantitative estimate of drug-likeness (QED) is 0.439. The van der Waals surface area contributed by atoms with Crippen LogP contribution >= 0.6 is 0 Å². The molecule has 0 aromatic heterocycles. The van der Waals surface area contributed by atoms with E-state index in [1.54, 1.807) is 0 Å². The van der Waals surface area contributed by atoms with Crippen molar-refractivity contribution in [3.8, 4) is 0 Å². The van der Waals surface area contributed by atoms with Gasteiger partial charge in [-0.2, -0.15) is 0 Å². The van der Waals surface area contributed by atoms with Crippen molar-refractivity contribution < 1.29 is 39.3 Å². The molecular formula is C4H6O4Rh. The van der Waals surface area contributed by atoms with Crippen LogP contribution in [0.4, 0.5) is 0 Å². The van der Waals surface area contributed by atoms with Gasteiger partial charge in [0, 0.05) is 0 Å². The van der Waals surface area contributed by atoms with Crippen molar-refractivity contribution >= 4 is 11.9 Å². The zero-order valence-electron chi connectivity index (χ0n) is 4.46. The van der Waals surface area contributed by atoms with E-state index in [1.165, 1.54) is 0 Å². The molecule has 4 nitrogen and oxygen atoms in total. The Bertz CT molecular complexity index is 70.6. The minimum Gasteiger partial charge on any atom is -0.503 e. The summed E-state index contributed by atoms with van der Waals surface area (Å²) in [5.41, 5.74) is 0. The predicted octanol–water partition coefficient (Wildman–Crippen LogP) is -0.192. The number of carboxylic acids is 2. The largest absolute Gasteiger partial charge is 2.00 e. The molecule has 2 N–H and O–H groups in total. The number of rotatable bonds is 0. The Morgan fingerprint density at radius 2 is 1.00 bits per heavy atom. The van der Waals surface area contributed by atoms with Gasteiger partial charge in [0.1, 0.15) is 0 Å². The van der Waals surface area contributed by atoms with Crippen molar-refractivity contribution in [2.75, 3.05) is 0 Å². The van der Waals surface area contributed by atoms with Crippen LogP contribution in [-0.4, -0.2) is 22.2 Å². The van der Waals surface area contributed by atoms with E-state index in [-0.39, 0.29) is 19.5 Å². The molecule has 0 bridgehead atoms. The first-order valence-corrected chi connectivity index (χ1v) is 1.56. The summed E-state index contributed by atoms with van der Waals surface area (Å²) in [5, 5.41) is 14.6. The van der Waals surface area contributed by atoms with Gasteiger partial charge >= 0.3 is 19.5 Å². The normalized spacial score (nSPS) is 5.33. The average molecular weight is 221 g/mol. The van der Waals surface area contributed by atoms with Gasteiger partial charge in [0.2, 0.25) is 0 Å². The first-order chi connectivity index (χ1) is 3.46. The van der Waals surface area contributed by atoms with Crippen LogP contribution in [0.15, 0.2) is 0 Å². The zero-order chi connectivity index (χ0) is 7.15. The van der Waals surface area contributed by atoms with Crippen molar-refractivity contribution in [2.24, 2.45) is 0 Å². The van der Waals surface area contributed by atoms with Crippen molar-refractivity contribution in [3.63, 3.8) is 0 Å². The van der Waals surface area contributed by atoms with Gasteiger partial charge in [-0.25, -0.2) is 0 Å². The summed E-state index contributed by atoms with van der Waals surface area (Å²) in [4.78, 5) is 17.8. The molecule has 0 saturated heterocycles. The van der Waals surface area contributed by atoms with Gasteiger partial charge in [-0.05, 0) is 0 Å². The smallest absolute Gasteiger partial charge is 0.503 e. The van der Waals surface area contributed by atoms with E-state index in [0.717, 1.165) is 0 Å². The molecule has 9 heavy (non-hydrogen) atoms. The number of carboxylic acid groups (broad SMARTS) is 2. The van der Waals surface area contributed by atoms with E-state index < -0.39 is 11.9 Å². The fraction of sp³-hybridized carbons (Fsp3) is 0. The van der Waals surface area contributed by atoms with Crippen LogP contribution in [-0.2, 0) is 29.1 Å². The molecule has 1 radical (unpaired) electrons. The average Bonchev–Trinajstić information content (AvgIpc) is 1.25. The van der Waals surface area contributed by atoms with Crippen molar-refractivity contribution in [3.05, 3.63) is 13.8 Å². The Kier molecular flexibility index (Phi) is 18.1. The number of hydrogen-bond acceptors (Lipinski definition) is 2. The maximum atomic E-state index is 8.89. The third-order valence-corrected chi connectivity index (χ3v) is 0. The molecule has 0 amide bonds. The maximum absolute atomic E-state index is 8.89. The van der Waals surface area contributed by atoms with Crippen molar-refractivity contribution in [1.82, 2.24) is 0 Å². The molecule has 0 rings (SSSR count). The summed E-state index contributed by atoms with van der Waals surface area (Å²) in [7, 11) is 0. The number of carbonyl (C=O) groups is 2. The molecule has 0 fully saturated rings. The first kappa shape index (κ1) is 15.7. The molecular weight excluding hydrogens is 215 g/mol. The summed E-state index contributed by atoms with van der Waals surface area (Å²) >= 11 is 0. The monoisotopic (exact) mass is 221 g/mol. The van der Waals surface area contributed by atoms with Gasteiger partial charge < -0.3 is 10.2 Å². The van der Waals surface area contributed by atoms with Gasteiger partial charge in [-0.3, -0.25) is 23.4 Å². The maximum Gasteiger partial charge on any atom is 2.00 e. The van der Waals surface area contributed by atoms with Crippen LogP contribution in [0.1, 0.15) is 0 Å². The predicted molar refractivity (Wildman–Crippen MR) is 26.0 cm³/mol. The summed E-state index contributed by atoms with van der Waals surface area (Å²) in [6.07, 6.45) is 0. The van der Waals surface area contributed by atoms with E-state index >= 15 is 0 Å². The van der Waals surface area contributed by atoms with E-state index in [1.807, 2.05) is 0 Å². The molecule has 0 aromatic carbocycles. The molecule has 0 aliphatic carbocycles. The van der Waals surface area contributed by atoms with Crippen LogP contribution < -0.4 is 0 Å². The van der Waals surface area contributed by atoms with E-state index in [0.29, 0.717) is 0 Å². The summed E-state index contributed by atoms with van der Waals surface area (Å²) in [5.74, 6) is -2.17.